The summed E-state index contributed by atoms with van der Waals surface area (Å²) in [5.74, 6) is -0.702. The lowest BCUT2D eigenvalue weighted by molar-refractivity contribution is -0.420. The Labute approximate surface area is 69.8 Å². The average Bonchev–Trinajstić information content (AvgIpc) is 2.03. The molecule has 0 fully saturated rings. The minimum Gasteiger partial charge on any atom is -0.386 e. The van der Waals surface area contributed by atoms with E-state index < -0.39 is 16.5 Å². The number of hydrogen-bond donors (Lipinski definition) is 2. The van der Waals surface area contributed by atoms with E-state index in [4.69, 9.17) is 0 Å². The first kappa shape index (κ1) is 10.4. The van der Waals surface area contributed by atoms with Gasteiger partial charge in [-0.05, 0) is 6.92 Å². The van der Waals surface area contributed by atoms with Crippen molar-refractivity contribution in [3.05, 3.63) is 21.5 Å². The highest BCUT2D eigenvalue weighted by atomic mass is 16.6. The standard InChI is InChI=1S/C6H11N3O3/c1-4(7-2)5(9(11)12)6(10)8-3/h7H,1-3H3,(H,8,10). The van der Waals surface area contributed by atoms with Gasteiger partial charge in [-0.3, -0.25) is 14.9 Å². The average molecular weight is 173 g/mol. The third-order valence-corrected chi connectivity index (χ3v) is 1.35. The van der Waals surface area contributed by atoms with Crippen LogP contribution in [0.15, 0.2) is 11.4 Å². The van der Waals surface area contributed by atoms with Gasteiger partial charge in [0.15, 0.2) is 0 Å². The first-order chi connectivity index (χ1) is 5.54. The number of likely N-dealkylation sites (N-methyl/N-ethyl adjacent to an activating group) is 1. The summed E-state index contributed by atoms with van der Waals surface area (Å²) in [5.41, 5.74) is -0.223. The van der Waals surface area contributed by atoms with Gasteiger partial charge in [0.05, 0.1) is 10.6 Å². The van der Waals surface area contributed by atoms with E-state index in [9.17, 15) is 14.9 Å². The Balaban J connectivity index is 4.91. The summed E-state index contributed by atoms with van der Waals surface area (Å²) in [6.45, 7) is 1.47. The molecule has 0 aromatic carbocycles. The van der Waals surface area contributed by atoms with E-state index in [1.165, 1.54) is 21.0 Å². The number of amides is 1. The summed E-state index contributed by atoms with van der Waals surface area (Å²) in [5, 5.41) is 15.1. The van der Waals surface area contributed by atoms with E-state index >= 15 is 0 Å². The Bertz CT molecular complexity index is 234. The van der Waals surface area contributed by atoms with Crippen molar-refractivity contribution in [2.75, 3.05) is 14.1 Å². The molecule has 0 saturated heterocycles. The molecule has 0 aromatic heterocycles. The molecule has 12 heavy (non-hydrogen) atoms. The largest absolute Gasteiger partial charge is 0.386 e. The zero-order valence-corrected chi connectivity index (χ0v) is 7.17. The van der Waals surface area contributed by atoms with Gasteiger partial charge in [-0.2, -0.15) is 0 Å². The van der Waals surface area contributed by atoms with E-state index in [1.807, 2.05) is 0 Å². The summed E-state index contributed by atoms with van der Waals surface area (Å²) >= 11 is 0. The summed E-state index contributed by atoms with van der Waals surface area (Å²) in [4.78, 5) is 20.5. The van der Waals surface area contributed by atoms with Crippen LogP contribution in [0.5, 0.6) is 0 Å². The van der Waals surface area contributed by atoms with Crippen molar-refractivity contribution in [3.8, 4) is 0 Å². The molecule has 2 N–H and O–H groups in total. The van der Waals surface area contributed by atoms with Crippen molar-refractivity contribution < 1.29 is 9.72 Å². The maximum atomic E-state index is 10.9. The smallest absolute Gasteiger partial charge is 0.351 e. The van der Waals surface area contributed by atoms with Crippen LogP contribution in [-0.4, -0.2) is 24.9 Å². The number of hydrogen-bond acceptors (Lipinski definition) is 4. The molecule has 0 unspecified atom stereocenters. The number of carbonyl (C=O) groups is 1. The molecule has 1 amide bonds. The molecule has 0 atom stereocenters. The van der Waals surface area contributed by atoms with Crippen LogP contribution in [0.4, 0.5) is 0 Å². The highest BCUT2D eigenvalue weighted by molar-refractivity contribution is 5.91. The Kier molecular flexibility index (Phi) is 3.75. The maximum Gasteiger partial charge on any atom is 0.351 e. The predicted octanol–water partition coefficient (Wildman–Crippen LogP) is -0.540. The number of nitro groups is 1. The normalized spacial score (nSPS) is 11.6. The molecule has 0 spiro atoms. The molecule has 0 radical (unpaired) electrons. The fraction of sp³-hybridized carbons (Fsp3) is 0.500. The zero-order valence-electron chi connectivity index (χ0n) is 7.17. The summed E-state index contributed by atoms with van der Waals surface area (Å²) in [7, 11) is 2.86. The van der Waals surface area contributed by atoms with Crippen LogP contribution >= 0.6 is 0 Å². The molecule has 0 aromatic rings. The van der Waals surface area contributed by atoms with E-state index in [0.29, 0.717) is 0 Å². The number of allylic oxidation sites excluding steroid dienone is 1. The van der Waals surface area contributed by atoms with Crippen molar-refractivity contribution >= 4 is 5.91 Å². The van der Waals surface area contributed by atoms with Gasteiger partial charge in [0.25, 0.3) is 0 Å². The molecule has 6 nitrogen and oxygen atoms in total. The molecular formula is C6H11N3O3. The molecule has 0 heterocycles. The number of carbonyl (C=O) groups excluding carboxylic acids is 1. The minimum atomic E-state index is -0.718. The van der Waals surface area contributed by atoms with Gasteiger partial charge in [0.1, 0.15) is 0 Å². The molecule has 68 valence electrons. The van der Waals surface area contributed by atoms with Crippen LogP contribution in [0.3, 0.4) is 0 Å². The molecule has 0 saturated carbocycles. The van der Waals surface area contributed by atoms with Crippen LogP contribution < -0.4 is 10.6 Å². The van der Waals surface area contributed by atoms with E-state index in [2.05, 4.69) is 10.6 Å². The second-order valence-electron chi connectivity index (χ2n) is 2.06. The van der Waals surface area contributed by atoms with Gasteiger partial charge in [0.2, 0.25) is 0 Å². The Morgan fingerprint density at radius 1 is 1.33 bits per heavy atom. The van der Waals surface area contributed by atoms with Crippen molar-refractivity contribution in [1.29, 1.82) is 0 Å². The van der Waals surface area contributed by atoms with Gasteiger partial charge in [0, 0.05) is 14.1 Å². The lowest BCUT2D eigenvalue weighted by Crippen LogP contribution is -2.27. The molecule has 0 rings (SSSR count). The Hall–Kier alpha value is -1.59. The zero-order chi connectivity index (χ0) is 9.72. The van der Waals surface area contributed by atoms with Crippen molar-refractivity contribution in [3.63, 3.8) is 0 Å². The number of nitrogens with zero attached hydrogens (tertiary/aromatic N) is 1. The van der Waals surface area contributed by atoms with Crippen molar-refractivity contribution in [1.82, 2.24) is 10.6 Å². The Morgan fingerprint density at radius 3 is 2.08 bits per heavy atom. The van der Waals surface area contributed by atoms with Gasteiger partial charge in [-0.15, -0.1) is 0 Å². The van der Waals surface area contributed by atoms with Crippen LogP contribution in [0.2, 0.25) is 0 Å². The van der Waals surface area contributed by atoms with Crippen LogP contribution in [0.1, 0.15) is 6.92 Å². The van der Waals surface area contributed by atoms with Crippen LogP contribution in [0, 0.1) is 10.1 Å². The first-order valence-corrected chi connectivity index (χ1v) is 3.29. The van der Waals surface area contributed by atoms with Gasteiger partial charge >= 0.3 is 11.6 Å². The summed E-state index contributed by atoms with van der Waals surface area (Å²) in [6, 6.07) is 0. The quantitative estimate of drug-likeness (QED) is 0.341. The molecule has 6 heteroatoms. The highest BCUT2D eigenvalue weighted by Gasteiger charge is 2.23. The molecule has 0 bridgehead atoms. The van der Waals surface area contributed by atoms with E-state index in [0.717, 1.165) is 0 Å². The van der Waals surface area contributed by atoms with Crippen LogP contribution in [-0.2, 0) is 4.79 Å². The summed E-state index contributed by atoms with van der Waals surface area (Å²) in [6.07, 6.45) is 0. The monoisotopic (exact) mass is 173 g/mol. The molecule has 0 aliphatic heterocycles. The van der Waals surface area contributed by atoms with Gasteiger partial charge < -0.3 is 10.6 Å². The number of nitrogens with one attached hydrogen (secondary N) is 2. The van der Waals surface area contributed by atoms with Gasteiger partial charge in [-0.25, -0.2) is 0 Å². The third kappa shape index (κ3) is 2.22. The van der Waals surface area contributed by atoms with Crippen molar-refractivity contribution in [2.24, 2.45) is 0 Å². The Morgan fingerprint density at radius 2 is 1.83 bits per heavy atom. The minimum absolute atomic E-state index is 0.236. The predicted molar refractivity (Wildman–Crippen MR) is 42.8 cm³/mol. The topological polar surface area (TPSA) is 84.3 Å². The second kappa shape index (κ2) is 4.32. The lowest BCUT2D eigenvalue weighted by Gasteiger charge is -2.01. The molecule has 0 aliphatic carbocycles. The third-order valence-electron chi connectivity index (χ3n) is 1.35. The SMILES string of the molecule is CNC(=O)C(=C(C)NC)[N+](=O)[O-]. The van der Waals surface area contributed by atoms with Crippen LogP contribution in [0.25, 0.3) is 0 Å². The lowest BCUT2D eigenvalue weighted by atomic mass is 10.3. The van der Waals surface area contributed by atoms with E-state index in [-0.39, 0.29) is 5.70 Å². The highest BCUT2D eigenvalue weighted by Crippen LogP contribution is 2.00. The first-order valence-electron chi connectivity index (χ1n) is 3.29. The fourth-order valence-corrected chi connectivity index (χ4v) is 0.627. The van der Waals surface area contributed by atoms with Gasteiger partial charge in [-0.1, -0.05) is 0 Å². The van der Waals surface area contributed by atoms with E-state index in [1.54, 1.807) is 0 Å². The molecular weight excluding hydrogens is 162 g/mol. The maximum absolute atomic E-state index is 10.9. The number of rotatable bonds is 3. The van der Waals surface area contributed by atoms with Crippen molar-refractivity contribution in [2.45, 2.75) is 6.92 Å². The fourth-order valence-electron chi connectivity index (χ4n) is 0.627. The second-order valence-corrected chi connectivity index (χ2v) is 2.06. The summed E-state index contributed by atoms with van der Waals surface area (Å²) < 4.78 is 0. The molecule has 0 aliphatic rings.